The number of halogens is 2. The molecule has 1 aliphatic heterocycles. The molecule has 0 spiro atoms. The number of rotatable bonds is 7. The number of nitrogens with zero attached hydrogens (tertiary/aromatic N) is 5. The highest BCUT2D eigenvalue weighted by Crippen LogP contribution is 2.31. The van der Waals surface area contributed by atoms with Crippen molar-refractivity contribution in [1.82, 2.24) is 19.6 Å². The highest BCUT2D eigenvalue weighted by atomic mass is 35.5. The minimum Gasteiger partial charge on any atom is -0.408 e. The second-order valence-electron chi connectivity index (χ2n) is 9.93. The summed E-state index contributed by atoms with van der Waals surface area (Å²) >= 11 is 6.28. The van der Waals surface area contributed by atoms with Gasteiger partial charge in [-0.2, -0.15) is 4.98 Å². The fourth-order valence-electron chi connectivity index (χ4n) is 4.60. The Morgan fingerprint density at radius 1 is 1.10 bits per heavy atom. The number of piperazine rings is 1. The molecule has 1 aliphatic carbocycles. The summed E-state index contributed by atoms with van der Waals surface area (Å²) in [6, 6.07) is 14.0. The van der Waals surface area contributed by atoms with Crippen LogP contribution in [0.4, 0.5) is 21.7 Å². The fraction of sp³-hybridized carbons (Fsp3) is 0.345. The van der Waals surface area contributed by atoms with Gasteiger partial charge in [0.15, 0.2) is 5.65 Å². The lowest BCUT2D eigenvalue weighted by molar-refractivity contribution is 0.102. The number of fused-ring (bicyclic) bond motifs is 1. The normalized spacial score (nSPS) is 15.7. The second-order valence-corrected chi connectivity index (χ2v) is 10.3. The summed E-state index contributed by atoms with van der Waals surface area (Å²) in [5.41, 5.74) is 1.91. The largest absolute Gasteiger partial charge is 0.408 e. The SMILES string of the molecule is C.CN1CCN(c2ccc(Nc3ncc4cc(-c5c(F)cccc5Cl)c(=O)n(OCC5CC5)c4n3)cc2)CC1. The maximum Gasteiger partial charge on any atom is 0.293 e. The number of nitrogens with one attached hydrogen (secondary N) is 1. The van der Waals surface area contributed by atoms with Crippen molar-refractivity contribution in [1.29, 1.82) is 0 Å². The van der Waals surface area contributed by atoms with E-state index < -0.39 is 11.4 Å². The molecule has 10 heteroatoms. The van der Waals surface area contributed by atoms with Crippen LogP contribution >= 0.6 is 11.6 Å². The van der Waals surface area contributed by atoms with Crippen LogP contribution in [0.3, 0.4) is 0 Å². The van der Waals surface area contributed by atoms with Crippen molar-refractivity contribution in [3.63, 3.8) is 0 Å². The lowest BCUT2D eigenvalue weighted by atomic mass is 10.1. The summed E-state index contributed by atoms with van der Waals surface area (Å²) in [4.78, 5) is 33.2. The molecule has 0 amide bonds. The van der Waals surface area contributed by atoms with Crippen LogP contribution < -0.4 is 20.6 Å². The summed E-state index contributed by atoms with van der Waals surface area (Å²) in [5.74, 6) is 0.141. The Morgan fingerprint density at radius 2 is 1.85 bits per heavy atom. The van der Waals surface area contributed by atoms with E-state index in [1.54, 1.807) is 18.3 Å². The van der Waals surface area contributed by atoms with Crippen LogP contribution in [0.25, 0.3) is 22.2 Å². The van der Waals surface area contributed by atoms with Gasteiger partial charge in [-0.15, -0.1) is 4.73 Å². The Morgan fingerprint density at radius 3 is 2.54 bits per heavy atom. The number of benzene rings is 2. The van der Waals surface area contributed by atoms with Gasteiger partial charge in [0, 0.05) is 54.7 Å². The van der Waals surface area contributed by atoms with E-state index in [0.717, 1.165) is 49.4 Å². The second kappa shape index (κ2) is 11.2. The monoisotopic (exact) mass is 550 g/mol. The highest BCUT2D eigenvalue weighted by molar-refractivity contribution is 6.33. The van der Waals surface area contributed by atoms with Crippen LogP contribution in [0, 0.1) is 11.7 Å². The third kappa shape index (κ3) is 5.69. The molecule has 0 unspecified atom stereocenters. The molecule has 0 atom stereocenters. The summed E-state index contributed by atoms with van der Waals surface area (Å²) in [5, 5.41) is 3.90. The molecule has 6 rings (SSSR count). The predicted octanol–water partition coefficient (Wildman–Crippen LogP) is 5.22. The number of pyridine rings is 1. The molecule has 0 radical (unpaired) electrons. The van der Waals surface area contributed by atoms with Crippen LogP contribution in [0.1, 0.15) is 20.3 Å². The van der Waals surface area contributed by atoms with E-state index in [2.05, 4.69) is 44.3 Å². The zero-order valence-corrected chi connectivity index (χ0v) is 21.8. The quantitative estimate of drug-likeness (QED) is 0.338. The number of hydrogen-bond donors (Lipinski definition) is 1. The van der Waals surface area contributed by atoms with E-state index in [1.165, 1.54) is 17.8 Å². The van der Waals surface area contributed by atoms with Gasteiger partial charge in [-0.1, -0.05) is 25.1 Å². The summed E-state index contributed by atoms with van der Waals surface area (Å²) < 4.78 is 15.9. The maximum absolute atomic E-state index is 14.7. The smallest absolute Gasteiger partial charge is 0.293 e. The van der Waals surface area contributed by atoms with Crippen LogP contribution in [-0.2, 0) is 0 Å². The van der Waals surface area contributed by atoms with Crippen molar-refractivity contribution in [2.45, 2.75) is 20.3 Å². The molecule has 1 saturated heterocycles. The first kappa shape index (κ1) is 26.9. The minimum atomic E-state index is -0.582. The number of aromatic nitrogens is 3. The molecular formula is C29H32ClFN6O2. The van der Waals surface area contributed by atoms with E-state index in [4.69, 9.17) is 16.4 Å². The van der Waals surface area contributed by atoms with Crippen LogP contribution in [0.2, 0.25) is 5.02 Å². The van der Waals surface area contributed by atoms with Crippen molar-refractivity contribution in [2.24, 2.45) is 5.92 Å². The molecule has 2 fully saturated rings. The predicted molar refractivity (Wildman–Crippen MR) is 155 cm³/mol. The zero-order valence-electron chi connectivity index (χ0n) is 21.0. The first-order valence-corrected chi connectivity index (χ1v) is 13.1. The standard InChI is InChI=1S/C28H28ClFN6O2.CH4/c1-34-11-13-35(14-12-34)21-9-7-20(8-10-21)32-28-31-16-19-15-22(25-23(29)3-2-4-24(25)30)27(37)36(26(19)33-28)38-17-18-5-6-18;/h2-4,7-10,15-16,18H,5-6,11-14,17H2,1H3,(H,31,32,33);1H4. The Balaban J connectivity index is 0.00000308. The van der Waals surface area contributed by atoms with E-state index in [9.17, 15) is 9.18 Å². The minimum absolute atomic E-state index is 0. The Hall–Kier alpha value is -3.69. The molecule has 0 bridgehead atoms. The molecule has 1 saturated carbocycles. The molecular weight excluding hydrogens is 519 g/mol. The molecule has 2 aromatic carbocycles. The lowest BCUT2D eigenvalue weighted by Crippen LogP contribution is -2.44. The Kier molecular flexibility index (Phi) is 7.72. The van der Waals surface area contributed by atoms with Crippen molar-refractivity contribution in [2.75, 3.05) is 50.1 Å². The van der Waals surface area contributed by atoms with Gasteiger partial charge >= 0.3 is 0 Å². The molecule has 204 valence electrons. The van der Waals surface area contributed by atoms with E-state index in [0.29, 0.717) is 29.5 Å². The number of likely N-dealkylation sites (N-methyl/N-ethyl adjacent to an activating group) is 1. The Labute approximate surface area is 232 Å². The summed E-state index contributed by atoms with van der Waals surface area (Å²) in [7, 11) is 2.14. The van der Waals surface area contributed by atoms with E-state index >= 15 is 0 Å². The molecule has 39 heavy (non-hydrogen) atoms. The Bertz CT molecular complexity index is 1510. The first-order valence-electron chi connectivity index (χ1n) is 12.8. The average molecular weight is 551 g/mol. The summed E-state index contributed by atoms with van der Waals surface area (Å²) in [6.45, 7) is 4.45. The van der Waals surface area contributed by atoms with Crippen LogP contribution in [-0.4, -0.2) is 59.4 Å². The molecule has 2 aliphatic rings. The van der Waals surface area contributed by atoms with E-state index in [-0.39, 0.29) is 23.6 Å². The van der Waals surface area contributed by atoms with Crippen LogP contribution in [0.5, 0.6) is 0 Å². The van der Waals surface area contributed by atoms with Crippen molar-refractivity contribution < 1.29 is 9.23 Å². The summed E-state index contributed by atoms with van der Waals surface area (Å²) in [6.07, 6.45) is 3.70. The molecule has 4 aromatic rings. The van der Waals surface area contributed by atoms with Gasteiger partial charge in [-0.25, -0.2) is 9.37 Å². The van der Waals surface area contributed by atoms with Crippen molar-refractivity contribution >= 4 is 40.0 Å². The van der Waals surface area contributed by atoms with Gasteiger partial charge in [0.25, 0.3) is 5.56 Å². The van der Waals surface area contributed by atoms with Gasteiger partial charge in [-0.05, 0) is 68.3 Å². The zero-order chi connectivity index (χ0) is 26.2. The van der Waals surface area contributed by atoms with Gasteiger partial charge in [0.1, 0.15) is 12.4 Å². The van der Waals surface area contributed by atoms with Crippen molar-refractivity contribution in [3.05, 3.63) is 75.9 Å². The van der Waals surface area contributed by atoms with Gasteiger partial charge in [0.05, 0.1) is 10.6 Å². The topological polar surface area (TPSA) is 75.5 Å². The van der Waals surface area contributed by atoms with Crippen molar-refractivity contribution in [3.8, 4) is 11.1 Å². The molecule has 2 aromatic heterocycles. The molecule has 8 nitrogen and oxygen atoms in total. The lowest BCUT2D eigenvalue weighted by Gasteiger charge is -2.34. The van der Waals surface area contributed by atoms with Crippen LogP contribution in [0.15, 0.2) is 59.5 Å². The maximum atomic E-state index is 14.7. The van der Waals surface area contributed by atoms with Gasteiger partial charge in [-0.3, -0.25) is 4.79 Å². The third-order valence-corrected chi connectivity index (χ3v) is 7.38. The third-order valence-electron chi connectivity index (χ3n) is 7.06. The molecule has 1 N–H and O–H groups in total. The number of anilines is 3. The highest BCUT2D eigenvalue weighted by Gasteiger charge is 2.24. The molecule has 3 heterocycles. The first-order chi connectivity index (χ1) is 18.5. The van der Waals surface area contributed by atoms with E-state index in [1.807, 2.05) is 12.1 Å². The van der Waals surface area contributed by atoms with Gasteiger partial charge in [0.2, 0.25) is 5.95 Å². The number of hydrogen-bond acceptors (Lipinski definition) is 7. The van der Waals surface area contributed by atoms with Gasteiger partial charge < -0.3 is 20.0 Å². The fourth-order valence-corrected chi connectivity index (χ4v) is 4.86. The average Bonchev–Trinajstić information content (AvgIpc) is 3.74.